The summed E-state index contributed by atoms with van der Waals surface area (Å²) in [5.41, 5.74) is 3.31. The van der Waals surface area contributed by atoms with E-state index in [9.17, 15) is 17.6 Å². The molecule has 0 aliphatic carbocycles. The molecule has 29 heavy (non-hydrogen) atoms. The first-order chi connectivity index (χ1) is 13.7. The summed E-state index contributed by atoms with van der Waals surface area (Å²) in [6.07, 6.45) is 0. The molecule has 0 spiro atoms. The molecule has 5 nitrogen and oxygen atoms in total. The molecule has 3 aromatic carbocycles. The molecule has 0 bridgehead atoms. The number of aryl methyl sites for hydroxylation is 2. The number of sulfonamides is 1. The van der Waals surface area contributed by atoms with Crippen LogP contribution in [0.15, 0.2) is 65.6 Å². The molecular weight excluding hydrogens is 391 g/mol. The van der Waals surface area contributed by atoms with Crippen LogP contribution < -0.4 is 10.0 Å². The monoisotopic (exact) mass is 412 g/mol. The zero-order valence-electron chi connectivity index (χ0n) is 16.3. The van der Waals surface area contributed by atoms with Crippen LogP contribution in [0.3, 0.4) is 0 Å². The number of para-hydroxylation sites is 1. The molecule has 0 fully saturated rings. The van der Waals surface area contributed by atoms with Crippen LogP contribution in [0, 0.1) is 26.6 Å². The molecule has 0 radical (unpaired) electrons. The lowest BCUT2D eigenvalue weighted by Gasteiger charge is -2.14. The predicted octanol–water partition coefficient (Wildman–Crippen LogP) is 4.80. The minimum atomic E-state index is -4.07. The zero-order chi connectivity index (χ0) is 21.2. The molecule has 0 unspecified atom stereocenters. The standard InChI is InChI=1S/C22H21FN2O3S/c1-14-7-6-10-20(16(14)3)24-22(26)18-13-17(12-11-15(18)2)29(27,28)25-21-9-5-4-8-19(21)23/h4-13,25H,1-3H3,(H,24,26). The number of amides is 1. The molecule has 0 saturated carbocycles. The van der Waals surface area contributed by atoms with E-state index < -0.39 is 21.7 Å². The van der Waals surface area contributed by atoms with Gasteiger partial charge in [0.2, 0.25) is 0 Å². The topological polar surface area (TPSA) is 75.3 Å². The van der Waals surface area contributed by atoms with Gasteiger partial charge in [-0.15, -0.1) is 0 Å². The fourth-order valence-corrected chi connectivity index (χ4v) is 3.93. The van der Waals surface area contributed by atoms with Crippen molar-refractivity contribution >= 4 is 27.3 Å². The Morgan fingerprint density at radius 1 is 0.862 bits per heavy atom. The predicted molar refractivity (Wildman–Crippen MR) is 112 cm³/mol. The van der Waals surface area contributed by atoms with Gasteiger partial charge in [-0.25, -0.2) is 12.8 Å². The molecule has 1 amide bonds. The van der Waals surface area contributed by atoms with E-state index in [1.165, 1.54) is 30.3 Å². The Hall–Kier alpha value is -3.19. The molecule has 0 aliphatic rings. The smallest absolute Gasteiger partial charge is 0.262 e. The Morgan fingerprint density at radius 3 is 2.28 bits per heavy atom. The molecule has 3 aromatic rings. The lowest BCUT2D eigenvalue weighted by molar-refractivity contribution is 0.102. The number of nitrogens with one attached hydrogen (secondary N) is 2. The second-order valence-corrected chi connectivity index (χ2v) is 8.45. The fourth-order valence-electron chi connectivity index (χ4n) is 2.84. The highest BCUT2D eigenvalue weighted by Crippen LogP contribution is 2.23. The van der Waals surface area contributed by atoms with Crippen LogP contribution >= 0.6 is 0 Å². The van der Waals surface area contributed by atoms with Gasteiger partial charge < -0.3 is 5.32 Å². The van der Waals surface area contributed by atoms with Crippen LogP contribution in [0.25, 0.3) is 0 Å². The zero-order valence-corrected chi connectivity index (χ0v) is 17.1. The van der Waals surface area contributed by atoms with Crippen molar-refractivity contribution in [1.82, 2.24) is 0 Å². The lowest BCUT2D eigenvalue weighted by Crippen LogP contribution is -2.18. The largest absolute Gasteiger partial charge is 0.322 e. The van der Waals surface area contributed by atoms with Crippen LogP contribution in [0.4, 0.5) is 15.8 Å². The Morgan fingerprint density at radius 2 is 1.55 bits per heavy atom. The van der Waals surface area contributed by atoms with Gasteiger partial charge in [-0.05, 0) is 67.8 Å². The number of hydrogen-bond acceptors (Lipinski definition) is 3. The summed E-state index contributed by atoms with van der Waals surface area (Å²) in [4.78, 5) is 12.7. The molecule has 3 rings (SSSR count). The number of hydrogen-bond donors (Lipinski definition) is 2. The summed E-state index contributed by atoms with van der Waals surface area (Å²) in [5.74, 6) is -1.10. The third kappa shape index (κ3) is 4.46. The molecule has 150 valence electrons. The van der Waals surface area contributed by atoms with Gasteiger partial charge in [0, 0.05) is 11.3 Å². The maximum absolute atomic E-state index is 13.8. The van der Waals surface area contributed by atoms with Gasteiger partial charge in [-0.1, -0.05) is 30.3 Å². The number of anilines is 2. The molecular formula is C22H21FN2O3S. The Balaban J connectivity index is 1.92. The maximum atomic E-state index is 13.8. The Labute approximate surface area is 169 Å². The van der Waals surface area contributed by atoms with Gasteiger partial charge >= 0.3 is 0 Å². The van der Waals surface area contributed by atoms with E-state index in [0.717, 1.165) is 17.2 Å². The van der Waals surface area contributed by atoms with Crippen LogP contribution in [0.5, 0.6) is 0 Å². The van der Waals surface area contributed by atoms with E-state index in [2.05, 4.69) is 10.0 Å². The van der Waals surface area contributed by atoms with Crippen molar-refractivity contribution in [3.63, 3.8) is 0 Å². The summed E-state index contributed by atoms with van der Waals surface area (Å²) in [6.45, 7) is 5.56. The Bertz CT molecular complexity index is 1190. The highest BCUT2D eigenvalue weighted by atomic mass is 32.2. The van der Waals surface area contributed by atoms with Gasteiger partial charge in [-0.3, -0.25) is 9.52 Å². The van der Waals surface area contributed by atoms with Gasteiger partial charge in [0.05, 0.1) is 10.6 Å². The molecule has 2 N–H and O–H groups in total. The van der Waals surface area contributed by atoms with Crippen LogP contribution in [-0.2, 0) is 10.0 Å². The number of rotatable bonds is 5. The first-order valence-electron chi connectivity index (χ1n) is 8.94. The quantitative estimate of drug-likeness (QED) is 0.632. The molecule has 0 saturated heterocycles. The van der Waals surface area contributed by atoms with Gasteiger partial charge in [0.25, 0.3) is 15.9 Å². The second-order valence-electron chi connectivity index (χ2n) is 6.76. The second kappa shape index (κ2) is 8.05. The SMILES string of the molecule is Cc1ccc(S(=O)(=O)Nc2ccccc2F)cc1C(=O)Nc1cccc(C)c1C. The number of carbonyl (C=O) groups is 1. The first kappa shape index (κ1) is 20.5. The molecule has 0 aliphatic heterocycles. The van der Waals surface area contributed by atoms with E-state index >= 15 is 0 Å². The van der Waals surface area contributed by atoms with Crippen molar-refractivity contribution in [1.29, 1.82) is 0 Å². The maximum Gasteiger partial charge on any atom is 0.262 e. The summed E-state index contributed by atoms with van der Waals surface area (Å²) < 4.78 is 41.4. The highest BCUT2D eigenvalue weighted by molar-refractivity contribution is 7.92. The van der Waals surface area contributed by atoms with Crippen molar-refractivity contribution in [2.24, 2.45) is 0 Å². The molecule has 0 heterocycles. The summed E-state index contributed by atoms with van der Waals surface area (Å²) in [7, 11) is -4.07. The average molecular weight is 412 g/mol. The van der Waals surface area contributed by atoms with E-state index in [1.54, 1.807) is 19.1 Å². The minimum Gasteiger partial charge on any atom is -0.322 e. The van der Waals surface area contributed by atoms with Crippen LogP contribution in [0.1, 0.15) is 27.0 Å². The normalized spacial score (nSPS) is 11.2. The molecule has 7 heteroatoms. The van der Waals surface area contributed by atoms with Gasteiger partial charge in [0.15, 0.2) is 0 Å². The van der Waals surface area contributed by atoms with Crippen molar-refractivity contribution in [2.75, 3.05) is 10.0 Å². The average Bonchev–Trinajstić information content (AvgIpc) is 2.67. The minimum absolute atomic E-state index is 0.127. The van der Waals surface area contributed by atoms with Gasteiger partial charge in [0.1, 0.15) is 5.82 Å². The van der Waals surface area contributed by atoms with Crippen molar-refractivity contribution in [2.45, 2.75) is 25.7 Å². The summed E-state index contributed by atoms with van der Waals surface area (Å²) in [5, 5.41) is 2.83. The fraction of sp³-hybridized carbons (Fsp3) is 0.136. The first-order valence-corrected chi connectivity index (χ1v) is 10.4. The summed E-state index contributed by atoms with van der Waals surface area (Å²) >= 11 is 0. The lowest BCUT2D eigenvalue weighted by atomic mass is 10.1. The third-order valence-electron chi connectivity index (χ3n) is 4.73. The van der Waals surface area contributed by atoms with E-state index in [1.807, 2.05) is 26.0 Å². The van der Waals surface area contributed by atoms with E-state index in [-0.39, 0.29) is 16.1 Å². The van der Waals surface area contributed by atoms with Crippen LogP contribution in [0.2, 0.25) is 0 Å². The summed E-state index contributed by atoms with van der Waals surface area (Å²) in [6, 6.07) is 15.3. The highest BCUT2D eigenvalue weighted by Gasteiger charge is 2.20. The van der Waals surface area contributed by atoms with Crippen molar-refractivity contribution in [3.05, 3.63) is 88.7 Å². The van der Waals surface area contributed by atoms with Crippen molar-refractivity contribution in [3.8, 4) is 0 Å². The third-order valence-corrected chi connectivity index (χ3v) is 6.10. The molecule has 0 aromatic heterocycles. The van der Waals surface area contributed by atoms with Crippen molar-refractivity contribution < 1.29 is 17.6 Å². The van der Waals surface area contributed by atoms with E-state index in [0.29, 0.717) is 11.3 Å². The molecule has 0 atom stereocenters. The van der Waals surface area contributed by atoms with Crippen LogP contribution in [-0.4, -0.2) is 14.3 Å². The number of benzene rings is 3. The van der Waals surface area contributed by atoms with Gasteiger partial charge in [-0.2, -0.15) is 0 Å². The number of halogens is 1. The van der Waals surface area contributed by atoms with E-state index in [4.69, 9.17) is 0 Å². The number of carbonyl (C=O) groups excluding carboxylic acids is 1. The Kier molecular flexibility index (Phi) is 5.70.